The number of rotatable bonds is 3. The minimum Gasteiger partial charge on any atom is -0.454 e. The Balaban J connectivity index is 1.54. The van der Waals surface area contributed by atoms with Crippen molar-refractivity contribution in [1.29, 1.82) is 0 Å². The Bertz CT molecular complexity index is 530. The van der Waals surface area contributed by atoms with Crippen molar-refractivity contribution in [2.45, 2.75) is 26.2 Å². The summed E-state index contributed by atoms with van der Waals surface area (Å²) in [6.07, 6.45) is 3.36. The molecule has 2 N–H and O–H groups in total. The number of nitrogens with zero attached hydrogens (tertiary/aromatic N) is 2. The van der Waals surface area contributed by atoms with Gasteiger partial charge in [-0.15, -0.1) is 0 Å². The lowest BCUT2D eigenvalue weighted by Crippen LogP contribution is -2.43. The van der Waals surface area contributed by atoms with Gasteiger partial charge >= 0.3 is 0 Å². The van der Waals surface area contributed by atoms with Crippen LogP contribution in [0.1, 0.15) is 25.3 Å². The summed E-state index contributed by atoms with van der Waals surface area (Å²) >= 11 is 0. The number of piperidine rings is 1. The molecule has 0 bridgehead atoms. The Kier molecular flexibility index (Phi) is 4.18. The molecule has 1 aromatic carbocycles. The van der Waals surface area contributed by atoms with Crippen LogP contribution in [0.15, 0.2) is 23.2 Å². The number of benzene rings is 1. The van der Waals surface area contributed by atoms with Crippen LogP contribution in [-0.2, 0) is 6.42 Å². The van der Waals surface area contributed by atoms with Crippen molar-refractivity contribution >= 4 is 5.96 Å². The molecule has 2 heterocycles. The van der Waals surface area contributed by atoms with E-state index in [4.69, 9.17) is 15.2 Å². The van der Waals surface area contributed by atoms with Crippen LogP contribution in [0, 0.1) is 5.92 Å². The molecule has 0 aliphatic carbocycles. The van der Waals surface area contributed by atoms with Gasteiger partial charge in [0.2, 0.25) is 6.79 Å². The van der Waals surface area contributed by atoms with Crippen LogP contribution in [0.5, 0.6) is 11.5 Å². The van der Waals surface area contributed by atoms with Gasteiger partial charge in [0, 0.05) is 19.6 Å². The topological polar surface area (TPSA) is 60.1 Å². The summed E-state index contributed by atoms with van der Waals surface area (Å²) in [4.78, 5) is 6.72. The maximum absolute atomic E-state index is 6.10. The molecule has 21 heavy (non-hydrogen) atoms. The van der Waals surface area contributed by atoms with Gasteiger partial charge in [-0.3, -0.25) is 4.99 Å². The monoisotopic (exact) mass is 289 g/mol. The van der Waals surface area contributed by atoms with Crippen LogP contribution in [0.3, 0.4) is 0 Å². The Morgan fingerprint density at radius 3 is 3.10 bits per heavy atom. The number of likely N-dealkylation sites (tertiary alicyclic amines) is 1. The minimum atomic E-state index is 0.317. The van der Waals surface area contributed by atoms with E-state index in [9.17, 15) is 0 Å². The van der Waals surface area contributed by atoms with Gasteiger partial charge in [0.05, 0.1) is 0 Å². The molecule has 1 aromatic rings. The number of nitrogens with two attached hydrogens (primary N) is 1. The quantitative estimate of drug-likeness (QED) is 0.683. The van der Waals surface area contributed by atoms with Crippen molar-refractivity contribution in [3.8, 4) is 11.5 Å². The second-order valence-electron chi connectivity index (χ2n) is 5.87. The third-order valence-electron chi connectivity index (χ3n) is 4.09. The lowest BCUT2D eigenvalue weighted by atomic mass is 10.0. The molecule has 3 rings (SSSR count). The van der Waals surface area contributed by atoms with Crippen LogP contribution in [-0.4, -0.2) is 37.3 Å². The van der Waals surface area contributed by atoms with E-state index in [1.165, 1.54) is 18.4 Å². The first-order valence-electron chi connectivity index (χ1n) is 7.66. The first-order chi connectivity index (χ1) is 10.2. The van der Waals surface area contributed by atoms with Gasteiger partial charge in [0.25, 0.3) is 0 Å². The van der Waals surface area contributed by atoms with Gasteiger partial charge in [-0.2, -0.15) is 0 Å². The zero-order chi connectivity index (χ0) is 14.7. The van der Waals surface area contributed by atoms with E-state index in [-0.39, 0.29) is 0 Å². The third kappa shape index (κ3) is 3.40. The van der Waals surface area contributed by atoms with Crippen molar-refractivity contribution in [3.05, 3.63) is 23.8 Å². The van der Waals surface area contributed by atoms with Gasteiger partial charge in [0.15, 0.2) is 17.5 Å². The molecule has 5 nitrogen and oxygen atoms in total. The van der Waals surface area contributed by atoms with Crippen LogP contribution >= 0.6 is 0 Å². The second-order valence-corrected chi connectivity index (χ2v) is 5.87. The standard InChI is InChI=1S/C16H23N3O2/c1-12-3-2-8-19(10-12)16(17)18-7-6-13-4-5-14-15(9-13)21-11-20-14/h4-5,9,12H,2-3,6-8,10-11H2,1H3,(H2,17,18). The fourth-order valence-electron chi connectivity index (χ4n) is 2.89. The normalized spacial score (nSPS) is 21.7. The highest BCUT2D eigenvalue weighted by atomic mass is 16.7. The molecule has 1 saturated heterocycles. The molecule has 0 aromatic heterocycles. The molecular weight excluding hydrogens is 266 g/mol. The highest BCUT2D eigenvalue weighted by Crippen LogP contribution is 2.32. The van der Waals surface area contributed by atoms with E-state index in [1.54, 1.807) is 0 Å². The lowest BCUT2D eigenvalue weighted by molar-refractivity contribution is 0.174. The Morgan fingerprint density at radius 2 is 2.24 bits per heavy atom. The highest BCUT2D eigenvalue weighted by molar-refractivity contribution is 5.78. The second kappa shape index (κ2) is 6.24. The molecule has 0 spiro atoms. The first-order valence-corrected chi connectivity index (χ1v) is 7.66. The van der Waals surface area contributed by atoms with Gasteiger partial charge < -0.3 is 20.1 Å². The number of guanidine groups is 1. The zero-order valence-corrected chi connectivity index (χ0v) is 12.5. The molecule has 114 valence electrons. The van der Waals surface area contributed by atoms with E-state index in [0.717, 1.165) is 31.0 Å². The van der Waals surface area contributed by atoms with Crippen molar-refractivity contribution in [1.82, 2.24) is 4.90 Å². The Morgan fingerprint density at radius 1 is 1.38 bits per heavy atom. The summed E-state index contributed by atoms with van der Waals surface area (Å²) in [5.41, 5.74) is 7.29. The van der Waals surface area contributed by atoms with Crippen LogP contribution < -0.4 is 15.2 Å². The van der Waals surface area contributed by atoms with Gasteiger partial charge in [-0.1, -0.05) is 13.0 Å². The molecule has 0 amide bonds. The SMILES string of the molecule is CC1CCCN(C(N)=NCCc2ccc3c(c2)OCO3)C1. The summed E-state index contributed by atoms with van der Waals surface area (Å²) < 4.78 is 10.7. The van der Waals surface area contributed by atoms with Gasteiger partial charge in [0.1, 0.15) is 0 Å². The maximum atomic E-state index is 6.10. The third-order valence-corrected chi connectivity index (χ3v) is 4.09. The minimum absolute atomic E-state index is 0.317. The molecule has 1 unspecified atom stereocenters. The summed E-state index contributed by atoms with van der Waals surface area (Å²) in [5.74, 6) is 3.04. The molecule has 1 fully saturated rings. The van der Waals surface area contributed by atoms with Crippen molar-refractivity contribution in [2.75, 3.05) is 26.4 Å². The largest absolute Gasteiger partial charge is 0.454 e. The summed E-state index contributed by atoms with van der Waals surface area (Å²) in [7, 11) is 0. The molecule has 0 radical (unpaired) electrons. The number of hydrogen-bond acceptors (Lipinski definition) is 3. The van der Waals surface area contributed by atoms with E-state index in [1.807, 2.05) is 12.1 Å². The van der Waals surface area contributed by atoms with Crippen molar-refractivity contribution < 1.29 is 9.47 Å². The average molecular weight is 289 g/mol. The van der Waals surface area contributed by atoms with E-state index in [2.05, 4.69) is 22.9 Å². The Hall–Kier alpha value is -1.91. The van der Waals surface area contributed by atoms with E-state index < -0.39 is 0 Å². The van der Waals surface area contributed by atoms with E-state index in [0.29, 0.717) is 25.2 Å². The van der Waals surface area contributed by atoms with Crippen molar-refractivity contribution in [2.24, 2.45) is 16.6 Å². The predicted octanol–water partition coefficient (Wildman–Crippen LogP) is 2.00. The summed E-state index contributed by atoms with van der Waals surface area (Å²) in [6.45, 7) is 5.35. The molecule has 1 atom stereocenters. The lowest BCUT2D eigenvalue weighted by Gasteiger charge is -2.31. The molecule has 5 heteroatoms. The highest BCUT2D eigenvalue weighted by Gasteiger charge is 2.17. The maximum Gasteiger partial charge on any atom is 0.231 e. The fraction of sp³-hybridized carbons (Fsp3) is 0.562. The number of aliphatic imine (C=N–C) groups is 1. The van der Waals surface area contributed by atoms with Crippen LogP contribution in [0.2, 0.25) is 0 Å². The smallest absolute Gasteiger partial charge is 0.231 e. The Labute approximate surface area is 125 Å². The average Bonchev–Trinajstić information content (AvgIpc) is 2.94. The predicted molar refractivity (Wildman–Crippen MR) is 82.7 cm³/mol. The van der Waals surface area contributed by atoms with Gasteiger partial charge in [-0.05, 0) is 42.9 Å². The number of ether oxygens (including phenoxy) is 2. The molecular formula is C16H23N3O2. The van der Waals surface area contributed by atoms with E-state index >= 15 is 0 Å². The molecule has 2 aliphatic rings. The molecule has 2 aliphatic heterocycles. The van der Waals surface area contributed by atoms with Gasteiger partial charge in [-0.25, -0.2) is 0 Å². The number of hydrogen-bond donors (Lipinski definition) is 1. The molecule has 0 saturated carbocycles. The first kappa shape index (κ1) is 14.0. The fourth-order valence-corrected chi connectivity index (χ4v) is 2.89. The summed E-state index contributed by atoms with van der Waals surface area (Å²) in [6, 6.07) is 6.04. The summed E-state index contributed by atoms with van der Waals surface area (Å²) in [5, 5.41) is 0. The van der Waals surface area contributed by atoms with Crippen LogP contribution in [0.25, 0.3) is 0 Å². The number of fused-ring (bicyclic) bond motifs is 1. The zero-order valence-electron chi connectivity index (χ0n) is 12.5. The van der Waals surface area contributed by atoms with Crippen molar-refractivity contribution in [3.63, 3.8) is 0 Å². The van der Waals surface area contributed by atoms with Crippen LogP contribution in [0.4, 0.5) is 0 Å².